The molecule has 0 saturated carbocycles. The second-order valence-corrected chi connectivity index (χ2v) is 7.43. The number of primary amides is 1. The molecule has 2 rings (SSSR count). The average Bonchev–Trinajstić information content (AvgIpc) is 2.38. The van der Waals surface area contributed by atoms with Crippen molar-refractivity contribution in [2.24, 2.45) is 5.73 Å². The van der Waals surface area contributed by atoms with Crippen LogP contribution in [0.1, 0.15) is 26.2 Å². The highest BCUT2D eigenvalue weighted by molar-refractivity contribution is 7.89. The maximum absolute atomic E-state index is 13.9. The standard InChI is InChI=1S/C13H16ClFN2O3S/c1-13(12(16)18)7-2-3-8-17(13)21(19,20)11-9(14)5-4-6-10(11)15/h4-6H,2-3,7-8H2,1H3,(H2,16,18)/t13-/m0/s1. The Morgan fingerprint density at radius 2 is 2.10 bits per heavy atom. The van der Waals surface area contributed by atoms with Crippen molar-refractivity contribution in [3.05, 3.63) is 29.0 Å². The van der Waals surface area contributed by atoms with Gasteiger partial charge in [-0.05, 0) is 38.3 Å². The lowest BCUT2D eigenvalue weighted by molar-refractivity contribution is -0.128. The van der Waals surface area contributed by atoms with Gasteiger partial charge in [0.15, 0.2) is 0 Å². The highest BCUT2D eigenvalue weighted by Crippen LogP contribution is 2.36. The Balaban J connectivity index is 2.59. The number of piperidine rings is 1. The molecule has 1 aliphatic rings. The molecule has 2 N–H and O–H groups in total. The smallest absolute Gasteiger partial charge is 0.248 e. The topological polar surface area (TPSA) is 80.5 Å². The van der Waals surface area contributed by atoms with Crippen LogP contribution in [0.4, 0.5) is 4.39 Å². The number of nitrogens with two attached hydrogens (primary N) is 1. The fourth-order valence-corrected chi connectivity index (χ4v) is 4.95. The van der Waals surface area contributed by atoms with E-state index < -0.39 is 32.2 Å². The van der Waals surface area contributed by atoms with Crippen molar-refractivity contribution in [2.45, 2.75) is 36.6 Å². The summed E-state index contributed by atoms with van der Waals surface area (Å²) in [5, 5.41) is -0.215. The Kier molecular flexibility index (Phi) is 4.28. The van der Waals surface area contributed by atoms with Crippen molar-refractivity contribution in [3.63, 3.8) is 0 Å². The molecule has 116 valence electrons. The first-order valence-electron chi connectivity index (χ1n) is 6.48. The second kappa shape index (κ2) is 5.55. The Morgan fingerprint density at radius 1 is 1.43 bits per heavy atom. The lowest BCUT2D eigenvalue weighted by Crippen LogP contribution is -2.59. The minimum absolute atomic E-state index is 0.104. The molecule has 0 radical (unpaired) electrons. The van der Waals surface area contributed by atoms with Crippen molar-refractivity contribution in [2.75, 3.05) is 6.54 Å². The van der Waals surface area contributed by atoms with Crippen molar-refractivity contribution >= 4 is 27.5 Å². The summed E-state index contributed by atoms with van der Waals surface area (Å²) in [6.07, 6.45) is 1.55. The van der Waals surface area contributed by atoms with Crippen LogP contribution in [0.3, 0.4) is 0 Å². The first-order chi connectivity index (χ1) is 9.71. The molecule has 0 spiro atoms. The number of rotatable bonds is 3. The van der Waals surface area contributed by atoms with E-state index in [0.717, 1.165) is 10.4 Å². The van der Waals surface area contributed by atoms with E-state index in [9.17, 15) is 17.6 Å². The number of nitrogens with zero attached hydrogens (tertiary/aromatic N) is 1. The van der Waals surface area contributed by atoms with Crippen LogP contribution in [0.15, 0.2) is 23.1 Å². The summed E-state index contributed by atoms with van der Waals surface area (Å²) in [7, 11) is -4.25. The van der Waals surface area contributed by atoms with E-state index in [-0.39, 0.29) is 11.6 Å². The van der Waals surface area contributed by atoms with Gasteiger partial charge in [0.05, 0.1) is 5.02 Å². The number of sulfonamides is 1. The van der Waals surface area contributed by atoms with E-state index >= 15 is 0 Å². The normalized spacial score (nSPS) is 24.0. The lowest BCUT2D eigenvalue weighted by atomic mass is 9.90. The Morgan fingerprint density at radius 3 is 2.67 bits per heavy atom. The van der Waals surface area contributed by atoms with Crippen LogP contribution >= 0.6 is 11.6 Å². The largest absolute Gasteiger partial charge is 0.368 e. The summed E-state index contributed by atoms with van der Waals surface area (Å²) in [6, 6.07) is 3.63. The number of benzene rings is 1. The van der Waals surface area contributed by atoms with Crippen LogP contribution in [0.5, 0.6) is 0 Å². The zero-order valence-corrected chi connectivity index (χ0v) is 13.0. The number of halogens is 2. The third kappa shape index (κ3) is 2.65. The quantitative estimate of drug-likeness (QED) is 0.916. The average molecular weight is 335 g/mol. The summed E-state index contributed by atoms with van der Waals surface area (Å²) in [6.45, 7) is 1.56. The minimum atomic E-state index is -4.25. The molecule has 1 aromatic carbocycles. The Hall–Kier alpha value is -1.18. The number of carbonyl (C=O) groups is 1. The molecular formula is C13H16ClFN2O3S. The number of amides is 1. The third-order valence-corrected chi connectivity index (χ3v) is 6.35. The number of hydrogen-bond donors (Lipinski definition) is 1. The van der Waals surface area contributed by atoms with Gasteiger partial charge in [0, 0.05) is 6.54 Å². The van der Waals surface area contributed by atoms with Crippen molar-refractivity contribution in [3.8, 4) is 0 Å². The Bertz CT molecular complexity index is 660. The predicted octanol–water partition coefficient (Wildman–Crippen LogP) is 1.90. The van der Waals surface area contributed by atoms with E-state index in [1.165, 1.54) is 19.1 Å². The van der Waals surface area contributed by atoms with Crippen molar-refractivity contribution in [1.82, 2.24) is 4.31 Å². The molecule has 0 bridgehead atoms. The van der Waals surface area contributed by atoms with Gasteiger partial charge in [-0.3, -0.25) is 4.79 Å². The minimum Gasteiger partial charge on any atom is -0.368 e. The van der Waals surface area contributed by atoms with E-state index in [4.69, 9.17) is 17.3 Å². The van der Waals surface area contributed by atoms with Gasteiger partial charge in [-0.1, -0.05) is 17.7 Å². The molecule has 21 heavy (non-hydrogen) atoms. The SMILES string of the molecule is C[C@@]1(C(N)=O)CCCCN1S(=O)(=O)c1c(F)cccc1Cl. The van der Waals surface area contributed by atoms with Crippen LogP contribution in [-0.2, 0) is 14.8 Å². The molecule has 1 fully saturated rings. The second-order valence-electron chi connectivity index (χ2n) is 5.22. The fraction of sp³-hybridized carbons (Fsp3) is 0.462. The number of hydrogen-bond acceptors (Lipinski definition) is 3. The monoisotopic (exact) mass is 334 g/mol. The van der Waals surface area contributed by atoms with E-state index in [1.807, 2.05) is 0 Å². The first-order valence-corrected chi connectivity index (χ1v) is 8.30. The van der Waals surface area contributed by atoms with Gasteiger partial charge in [-0.2, -0.15) is 4.31 Å². The van der Waals surface area contributed by atoms with Gasteiger partial charge < -0.3 is 5.73 Å². The van der Waals surface area contributed by atoms with E-state index in [1.54, 1.807) is 0 Å². The summed E-state index contributed by atoms with van der Waals surface area (Å²) in [5.74, 6) is -1.70. The van der Waals surface area contributed by atoms with Crippen LogP contribution < -0.4 is 5.73 Å². The molecule has 1 amide bonds. The van der Waals surface area contributed by atoms with E-state index in [2.05, 4.69) is 0 Å². The zero-order valence-electron chi connectivity index (χ0n) is 11.5. The Labute approximate surface area is 127 Å². The van der Waals surface area contributed by atoms with Crippen LogP contribution in [0.25, 0.3) is 0 Å². The molecule has 0 unspecified atom stereocenters. The lowest BCUT2D eigenvalue weighted by Gasteiger charge is -2.41. The summed E-state index contributed by atoms with van der Waals surface area (Å²) < 4.78 is 40.4. The summed E-state index contributed by atoms with van der Waals surface area (Å²) in [5.41, 5.74) is 4.00. The molecule has 0 aliphatic carbocycles. The van der Waals surface area contributed by atoms with Gasteiger partial charge in [0.1, 0.15) is 16.3 Å². The predicted molar refractivity (Wildman–Crippen MR) is 76.8 cm³/mol. The maximum Gasteiger partial charge on any atom is 0.248 e. The molecule has 0 aromatic heterocycles. The molecule has 1 aliphatic heterocycles. The van der Waals surface area contributed by atoms with Crippen LogP contribution in [0, 0.1) is 5.82 Å². The molecule has 1 aromatic rings. The van der Waals surface area contributed by atoms with Crippen molar-refractivity contribution < 1.29 is 17.6 Å². The molecule has 1 atom stereocenters. The molecule has 5 nitrogen and oxygen atoms in total. The van der Waals surface area contributed by atoms with Gasteiger partial charge in [0.25, 0.3) is 0 Å². The highest BCUT2D eigenvalue weighted by Gasteiger charge is 2.47. The first kappa shape index (κ1) is 16.2. The molecule has 1 saturated heterocycles. The van der Waals surface area contributed by atoms with Crippen LogP contribution in [0.2, 0.25) is 5.02 Å². The summed E-state index contributed by atoms with van der Waals surface area (Å²) in [4.78, 5) is 11.1. The molecule has 1 heterocycles. The fourth-order valence-electron chi connectivity index (χ4n) is 2.57. The molecule has 8 heteroatoms. The van der Waals surface area contributed by atoms with Crippen molar-refractivity contribution in [1.29, 1.82) is 0 Å². The zero-order chi connectivity index (χ0) is 15.8. The van der Waals surface area contributed by atoms with E-state index in [0.29, 0.717) is 19.3 Å². The maximum atomic E-state index is 13.9. The van der Waals surface area contributed by atoms with Gasteiger partial charge in [-0.25, -0.2) is 12.8 Å². The van der Waals surface area contributed by atoms with Gasteiger partial charge in [-0.15, -0.1) is 0 Å². The van der Waals surface area contributed by atoms with Gasteiger partial charge in [0.2, 0.25) is 15.9 Å². The van der Waals surface area contributed by atoms with Crippen LogP contribution in [-0.4, -0.2) is 30.7 Å². The highest BCUT2D eigenvalue weighted by atomic mass is 35.5. The molecular weight excluding hydrogens is 319 g/mol. The third-order valence-electron chi connectivity index (χ3n) is 3.82. The summed E-state index contributed by atoms with van der Waals surface area (Å²) >= 11 is 5.84. The van der Waals surface area contributed by atoms with Gasteiger partial charge >= 0.3 is 0 Å². The number of carbonyl (C=O) groups excluding carboxylic acids is 1.